The van der Waals surface area contributed by atoms with E-state index in [9.17, 15) is 24.3 Å². The molecule has 3 rings (SSSR count). The van der Waals surface area contributed by atoms with Crippen molar-refractivity contribution in [3.8, 4) is 5.75 Å². The number of aliphatic carboxylic acids is 1. The lowest BCUT2D eigenvalue weighted by Gasteiger charge is -2.29. The van der Waals surface area contributed by atoms with E-state index in [0.29, 0.717) is 31.0 Å². The van der Waals surface area contributed by atoms with Crippen LogP contribution in [0.1, 0.15) is 52.0 Å². The highest BCUT2D eigenvalue weighted by atomic mass is 16.6. The quantitative estimate of drug-likeness (QED) is 0.285. The number of carbonyl (C=O) groups excluding carboxylic acids is 3. The SMILES string of the molecule is CC(C)(C)OC(=O)NC[C@H]1CC[C@H](C(=O)N[C@@H](Cc2ccccc2)C(=O)O)CC1.O=C=Nc1ccc(O)cc1. The van der Waals surface area contributed by atoms with E-state index in [1.165, 1.54) is 30.3 Å². The summed E-state index contributed by atoms with van der Waals surface area (Å²) in [7, 11) is 0. The number of aromatic hydroxyl groups is 1. The summed E-state index contributed by atoms with van der Waals surface area (Å²) in [5.41, 5.74) is 0.838. The van der Waals surface area contributed by atoms with Gasteiger partial charge < -0.3 is 25.6 Å². The average Bonchev–Trinajstić information content (AvgIpc) is 2.89. The molecule has 0 aliphatic heterocycles. The molecule has 0 heterocycles. The number of carboxylic acid groups (broad SMARTS) is 1. The van der Waals surface area contributed by atoms with Gasteiger partial charge in [-0.1, -0.05) is 30.3 Å². The van der Waals surface area contributed by atoms with Crippen molar-refractivity contribution in [1.82, 2.24) is 10.6 Å². The van der Waals surface area contributed by atoms with Gasteiger partial charge in [0.1, 0.15) is 17.4 Å². The maximum atomic E-state index is 12.6. The largest absolute Gasteiger partial charge is 0.508 e. The number of nitrogens with one attached hydrogen (secondary N) is 2. The number of ether oxygens (including phenoxy) is 1. The number of hydrogen-bond donors (Lipinski definition) is 4. The number of amides is 2. The average molecular weight is 540 g/mol. The number of phenolic OH excluding ortho intramolecular Hbond substituents is 1. The van der Waals surface area contributed by atoms with Crippen LogP contribution in [0.4, 0.5) is 10.5 Å². The fourth-order valence-corrected chi connectivity index (χ4v) is 4.09. The number of rotatable bonds is 8. The Morgan fingerprint density at radius 1 is 1.03 bits per heavy atom. The summed E-state index contributed by atoms with van der Waals surface area (Å²) in [4.78, 5) is 48.9. The highest BCUT2D eigenvalue weighted by molar-refractivity contribution is 5.85. The Kier molecular flexibility index (Phi) is 12.2. The monoisotopic (exact) mass is 539 g/mol. The highest BCUT2D eigenvalue weighted by Crippen LogP contribution is 2.29. The van der Waals surface area contributed by atoms with E-state index in [1.807, 2.05) is 51.1 Å². The molecule has 0 radical (unpaired) electrons. The standard InChI is InChI=1S/C22H32N2O5.C7H5NO2/c1-22(2,3)29-21(28)23-14-16-9-11-17(12-10-16)19(25)24-18(20(26)27)13-15-7-5-4-6-8-15;9-5-8-6-1-3-7(10)4-2-6/h4-8,16-18H,9-14H2,1-3H3,(H,23,28)(H,24,25)(H,26,27);1-4,10H/t16-,17-,18-;/m0./s1. The molecule has 0 spiro atoms. The van der Waals surface area contributed by atoms with Crippen molar-refractivity contribution in [3.63, 3.8) is 0 Å². The van der Waals surface area contributed by atoms with Crippen LogP contribution in [-0.2, 0) is 25.5 Å². The molecular formula is C29H37N3O7. The minimum atomic E-state index is -1.03. The number of nitrogens with zero attached hydrogens (tertiary/aromatic N) is 1. The number of isocyanates is 1. The van der Waals surface area contributed by atoms with Crippen molar-refractivity contribution in [3.05, 3.63) is 60.2 Å². The molecule has 39 heavy (non-hydrogen) atoms. The van der Waals surface area contributed by atoms with Gasteiger partial charge in [0, 0.05) is 18.9 Å². The molecular weight excluding hydrogens is 502 g/mol. The smallest absolute Gasteiger partial charge is 0.407 e. The van der Waals surface area contributed by atoms with E-state index in [0.717, 1.165) is 18.4 Å². The van der Waals surface area contributed by atoms with Gasteiger partial charge in [0.15, 0.2) is 0 Å². The van der Waals surface area contributed by atoms with E-state index < -0.39 is 23.7 Å². The predicted molar refractivity (Wildman–Crippen MR) is 145 cm³/mol. The topological polar surface area (TPSA) is 154 Å². The molecule has 0 bridgehead atoms. The molecule has 1 saturated carbocycles. The van der Waals surface area contributed by atoms with Crippen LogP contribution in [-0.4, -0.2) is 52.5 Å². The lowest BCUT2D eigenvalue weighted by Crippen LogP contribution is -2.46. The number of benzene rings is 2. The van der Waals surface area contributed by atoms with Crippen LogP contribution in [0.5, 0.6) is 5.75 Å². The molecule has 0 saturated heterocycles. The van der Waals surface area contributed by atoms with Crippen LogP contribution in [0.2, 0.25) is 0 Å². The van der Waals surface area contributed by atoms with Crippen molar-refractivity contribution in [2.45, 2.75) is 64.5 Å². The third-order valence-electron chi connectivity index (χ3n) is 6.07. The molecule has 2 amide bonds. The van der Waals surface area contributed by atoms with Gasteiger partial charge in [-0.05, 0) is 82.2 Å². The van der Waals surface area contributed by atoms with Gasteiger partial charge in [0.25, 0.3) is 0 Å². The normalized spacial score (nSPS) is 17.3. The zero-order valence-electron chi connectivity index (χ0n) is 22.6. The lowest BCUT2D eigenvalue weighted by molar-refractivity contribution is -0.142. The first-order chi connectivity index (χ1) is 18.5. The summed E-state index contributed by atoms with van der Waals surface area (Å²) >= 11 is 0. The number of carbonyl (C=O) groups is 3. The van der Waals surface area contributed by atoms with Gasteiger partial charge in [-0.2, -0.15) is 4.99 Å². The molecule has 1 aliphatic carbocycles. The molecule has 1 fully saturated rings. The number of aliphatic imine (C=N–C) groups is 1. The van der Waals surface area contributed by atoms with Crippen LogP contribution >= 0.6 is 0 Å². The van der Waals surface area contributed by atoms with Crippen molar-refractivity contribution in [2.75, 3.05) is 6.54 Å². The first kappa shape index (κ1) is 31.1. The number of carboxylic acids is 1. The molecule has 2 aromatic rings. The minimum Gasteiger partial charge on any atom is -0.508 e. The fourth-order valence-electron chi connectivity index (χ4n) is 4.09. The molecule has 0 aromatic heterocycles. The molecule has 1 aliphatic rings. The van der Waals surface area contributed by atoms with Gasteiger partial charge in [0.2, 0.25) is 12.0 Å². The number of phenols is 1. The van der Waals surface area contributed by atoms with Crippen molar-refractivity contribution in [2.24, 2.45) is 16.8 Å². The third-order valence-corrected chi connectivity index (χ3v) is 6.07. The van der Waals surface area contributed by atoms with Crippen LogP contribution < -0.4 is 10.6 Å². The summed E-state index contributed by atoms with van der Waals surface area (Å²) < 4.78 is 5.23. The Hall–Kier alpha value is -4.17. The van der Waals surface area contributed by atoms with Gasteiger partial charge in [0.05, 0.1) is 5.69 Å². The molecule has 10 nitrogen and oxygen atoms in total. The zero-order chi connectivity index (χ0) is 28.8. The van der Waals surface area contributed by atoms with E-state index in [2.05, 4.69) is 15.6 Å². The van der Waals surface area contributed by atoms with E-state index in [-0.39, 0.29) is 24.0 Å². The Labute approximate surface area is 228 Å². The van der Waals surface area contributed by atoms with Crippen molar-refractivity contribution < 1.29 is 34.1 Å². The Morgan fingerprint density at radius 2 is 1.64 bits per heavy atom. The van der Waals surface area contributed by atoms with Crippen LogP contribution in [0.3, 0.4) is 0 Å². The van der Waals surface area contributed by atoms with Crippen LogP contribution in [0.15, 0.2) is 59.6 Å². The summed E-state index contributed by atoms with van der Waals surface area (Å²) in [5.74, 6) is -0.967. The first-order valence-corrected chi connectivity index (χ1v) is 12.9. The van der Waals surface area contributed by atoms with E-state index >= 15 is 0 Å². The van der Waals surface area contributed by atoms with Crippen molar-refractivity contribution in [1.29, 1.82) is 0 Å². The second kappa shape index (κ2) is 15.3. The molecule has 4 N–H and O–H groups in total. The Bertz CT molecular complexity index is 1120. The summed E-state index contributed by atoms with van der Waals surface area (Å²) in [6.07, 6.45) is 4.22. The summed E-state index contributed by atoms with van der Waals surface area (Å²) in [6.45, 7) is 5.98. The summed E-state index contributed by atoms with van der Waals surface area (Å²) in [6, 6.07) is 14.3. The van der Waals surface area contributed by atoms with E-state index in [1.54, 1.807) is 0 Å². The Balaban J connectivity index is 0.000000446. The van der Waals surface area contributed by atoms with Gasteiger partial charge in [-0.15, -0.1) is 0 Å². The molecule has 10 heteroatoms. The maximum Gasteiger partial charge on any atom is 0.407 e. The van der Waals surface area contributed by atoms with E-state index in [4.69, 9.17) is 9.84 Å². The van der Waals surface area contributed by atoms with Crippen LogP contribution in [0, 0.1) is 11.8 Å². The van der Waals surface area contributed by atoms with Gasteiger partial charge in [-0.25, -0.2) is 14.4 Å². The second-order valence-electron chi connectivity index (χ2n) is 10.4. The van der Waals surface area contributed by atoms with Crippen LogP contribution in [0.25, 0.3) is 0 Å². The highest BCUT2D eigenvalue weighted by Gasteiger charge is 2.30. The van der Waals surface area contributed by atoms with Gasteiger partial charge in [-0.3, -0.25) is 4.79 Å². The predicted octanol–water partition coefficient (Wildman–Crippen LogP) is 4.49. The lowest BCUT2D eigenvalue weighted by atomic mass is 9.81. The maximum absolute atomic E-state index is 12.6. The van der Waals surface area contributed by atoms with Crippen molar-refractivity contribution >= 4 is 29.7 Å². The molecule has 210 valence electrons. The Morgan fingerprint density at radius 3 is 2.18 bits per heavy atom. The number of alkyl carbamates (subject to hydrolysis) is 1. The second-order valence-corrected chi connectivity index (χ2v) is 10.4. The first-order valence-electron chi connectivity index (χ1n) is 12.9. The minimum absolute atomic E-state index is 0.157. The molecule has 1 atom stereocenters. The third kappa shape index (κ3) is 12.3. The zero-order valence-corrected chi connectivity index (χ0v) is 22.6. The fraction of sp³-hybridized carbons (Fsp3) is 0.448. The van der Waals surface area contributed by atoms with Gasteiger partial charge >= 0.3 is 12.1 Å². The molecule has 0 unspecified atom stereocenters. The molecule has 2 aromatic carbocycles. The number of hydrogen-bond acceptors (Lipinski definition) is 7. The summed E-state index contributed by atoms with van der Waals surface area (Å²) in [5, 5.41) is 23.7.